The molecule has 3 rings (SSSR count). The number of hydrogen-bond donors (Lipinski definition) is 1. The second-order valence-corrected chi connectivity index (χ2v) is 6.70. The van der Waals surface area contributed by atoms with Crippen molar-refractivity contribution in [2.45, 2.75) is 26.3 Å². The Labute approximate surface area is 133 Å². The summed E-state index contributed by atoms with van der Waals surface area (Å²) in [5, 5.41) is 3.28. The van der Waals surface area contributed by atoms with Gasteiger partial charge in [-0.25, -0.2) is 0 Å². The van der Waals surface area contributed by atoms with E-state index < -0.39 is 0 Å². The average molecular weight is 301 g/mol. The Hall–Kier alpha value is -1.39. The van der Waals surface area contributed by atoms with E-state index in [9.17, 15) is 4.79 Å². The van der Waals surface area contributed by atoms with Crippen LogP contribution in [-0.4, -0.2) is 55.0 Å². The largest absolute Gasteiger partial charge is 0.336 e. The molecule has 4 nitrogen and oxygen atoms in total. The minimum atomic E-state index is 0.167. The van der Waals surface area contributed by atoms with Crippen LogP contribution in [0.15, 0.2) is 24.3 Å². The SMILES string of the molecule is CC1CCN(Cc2ccc(C(=O)N3CCNCC3)cc2)CC1. The van der Waals surface area contributed by atoms with Crippen molar-refractivity contribution in [3.63, 3.8) is 0 Å². The number of nitrogens with one attached hydrogen (secondary N) is 1. The molecule has 22 heavy (non-hydrogen) atoms. The third-order valence-corrected chi connectivity index (χ3v) is 4.89. The van der Waals surface area contributed by atoms with Gasteiger partial charge in [-0.1, -0.05) is 19.1 Å². The lowest BCUT2D eigenvalue weighted by Gasteiger charge is -2.30. The highest BCUT2D eigenvalue weighted by atomic mass is 16.2. The van der Waals surface area contributed by atoms with E-state index >= 15 is 0 Å². The summed E-state index contributed by atoms with van der Waals surface area (Å²) in [6.07, 6.45) is 2.61. The Bertz CT molecular complexity index is 486. The molecule has 1 amide bonds. The molecule has 0 aliphatic carbocycles. The van der Waals surface area contributed by atoms with Gasteiger partial charge in [-0.2, -0.15) is 0 Å². The van der Waals surface area contributed by atoms with Crippen molar-refractivity contribution in [1.82, 2.24) is 15.1 Å². The molecule has 2 heterocycles. The highest BCUT2D eigenvalue weighted by Crippen LogP contribution is 2.18. The van der Waals surface area contributed by atoms with Crippen LogP contribution in [0.25, 0.3) is 0 Å². The van der Waals surface area contributed by atoms with Crippen LogP contribution in [0.3, 0.4) is 0 Å². The summed E-state index contributed by atoms with van der Waals surface area (Å²) in [5.41, 5.74) is 2.13. The molecule has 1 N–H and O–H groups in total. The first-order valence-corrected chi connectivity index (χ1v) is 8.53. The van der Waals surface area contributed by atoms with Gasteiger partial charge in [-0.05, 0) is 49.5 Å². The molecule has 1 aromatic rings. The lowest BCUT2D eigenvalue weighted by molar-refractivity contribution is 0.0736. The number of carbonyl (C=O) groups excluding carboxylic acids is 1. The molecule has 2 saturated heterocycles. The van der Waals surface area contributed by atoms with E-state index in [0.717, 1.165) is 44.2 Å². The van der Waals surface area contributed by atoms with Crippen LogP contribution in [0.1, 0.15) is 35.7 Å². The molecule has 0 aromatic heterocycles. The summed E-state index contributed by atoms with van der Waals surface area (Å²) in [6.45, 7) is 9.17. The zero-order valence-electron chi connectivity index (χ0n) is 13.6. The van der Waals surface area contributed by atoms with E-state index in [2.05, 4.69) is 29.3 Å². The van der Waals surface area contributed by atoms with Crippen LogP contribution in [0.5, 0.6) is 0 Å². The van der Waals surface area contributed by atoms with Gasteiger partial charge in [-0.15, -0.1) is 0 Å². The van der Waals surface area contributed by atoms with E-state index in [1.165, 1.54) is 31.5 Å². The zero-order chi connectivity index (χ0) is 15.4. The Kier molecular flexibility index (Phi) is 5.11. The van der Waals surface area contributed by atoms with Crippen molar-refractivity contribution in [2.75, 3.05) is 39.3 Å². The summed E-state index contributed by atoms with van der Waals surface area (Å²) < 4.78 is 0. The third kappa shape index (κ3) is 3.87. The molecule has 120 valence electrons. The molecular weight excluding hydrogens is 274 g/mol. The van der Waals surface area contributed by atoms with E-state index in [-0.39, 0.29) is 5.91 Å². The predicted molar refractivity (Wildman–Crippen MR) is 88.9 cm³/mol. The number of nitrogens with zero attached hydrogens (tertiary/aromatic N) is 2. The second-order valence-electron chi connectivity index (χ2n) is 6.70. The Morgan fingerprint density at radius 1 is 1.09 bits per heavy atom. The Balaban J connectivity index is 1.56. The zero-order valence-corrected chi connectivity index (χ0v) is 13.6. The van der Waals surface area contributed by atoms with Crippen LogP contribution >= 0.6 is 0 Å². The number of benzene rings is 1. The van der Waals surface area contributed by atoms with Crippen molar-refractivity contribution < 1.29 is 4.79 Å². The van der Waals surface area contributed by atoms with E-state index in [0.29, 0.717) is 0 Å². The van der Waals surface area contributed by atoms with Gasteiger partial charge in [-0.3, -0.25) is 9.69 Å². The maximum Gasteiger partial charge on any atom is 0.253 e. The number of amides is 1. The fourth-order valence-electron chi connectivity index (χ4n) is 3.28. The molecular formula is C18H27N3O. The van der Waals surface area contributed by atoms with E-state index in [1.54, 1.807) is 0 Å². The molecule has 0 radical (unpaired) electrons. The summed E-state index contributed by atoms with van der Waals surface area (Å²) in [4.78, 5) is 16.9. The molecule has 2 fully saturated rings. The molecule has 2 aliphatic heterocycles. The van der Waals surface area contributed by atoms with Crippen LogP contribution in [0.4, 0.5) is 0 Å². The van der Waals surface area contributed by atoms with Gasteiger partial charge in [0.25, 0.3) is 5.91 Å². The average Bonchev–Trinajstić information content (AvgIpc) is 2.58. The summed E-state index contributed by atoms with van der Waals surface area (Å²) in [5.74, 6) is 1.04. The molecule has 0 bridgehead atoms. The number of piperidine rings is 1. The first-order chi connectivity index (χ1) is 10.7. The van der Waals surface area contributed by atoms with Crippen molar-refractivity contribution in [3.05, 3.63) is 35.4 Å². The summed E-state index contributed by atoms with van der Waals surface area (Å²) in [7, 11) is 0. The normalized spacial score (nSPS) is 21.0. The molecule has 0 atom stereocenters. The molecule has 0 spiro atoms. The first kappa shape index (κ1) is 15.5. The third-order valence-electron chi connectivity index (χ3n) is 4.89. The number of likely N-dealkylation sites (tertiary alicyclic amines) is 1. The summed E-state index contributed by atoms with van der Waals surface area (Å²) >= 11 is 0. The van der Waals surface area contributed by atoms with Gasteiger partial charge in [0.2, 0.25) is 0 Å². The van der Waals surface area contributed by atoms with Crippen LogP contribution < -0.4 is 5.32 Å². The lowest BCUT2D eigenvalue weighted by Crippen LogP contribution is -2.46. The van der Waals surface area contributed by atoms with E-state index in [1.807, 2.05) is 17.0 Å². The highest BCUT2D eigenvalue weighted by molar-refractivity contribution is 5.94. The molecule has 4 heteroatoms. The maximum atomic E-state index is 12.4. The van der Waals surface area contributed by atoms with Gasteiger partial charge in [0.05, 0.1) is 0 Å². The lowest BCUT2D eigenvalue weighted by atomic mass is 9.99. The van der Waals surface area contributed by atoms with Crippen molar-refractivity contribution >= 4 is 5.91 Å². The van der Waals surface area contributed by atoms with Crippen LogP contribution in [0.2, 0.25) is 0 Å². The van der Waals surface area contributed by atoms with Crippen LogP contribution in [0, 0.1) is 5.92 Å². The number of piperazine rings is 1. The topological polar surface area (TPSA) is 35.6 Å². The Morgan fingerprint density at radius 3 is 2.36 bits per heavy atom. The molecule has 2 aliphatic rings. The predicted octanol–water partition coefficient (Wildman–Crippen LogP) is 1.96. The highest BCUT2D eigenvalue weighted by Gasteiger charge is 2.18. The van der Waals surface area contributed by atoms with Crippen molar-refractivity contribution in [3.8, 4) is 0 Å². The smallest absolute Gasteiger partial charge is 0.253 e. The van der Waals surface area contributed by atoms with Crippen molar-refractivity contribution in [1.29, 1.82) is 0 Å². The quantitative estimate of drug-likeness (QED) is 0.927. The minimum absolute atomic E-state index is 0.167. The number of hydrogen-bond acceptors (Lipinski definition) is 3. The fourth-order valence-corrected chi connectivity index (χ4v) is 3.28. The maximum absolute atomic E-state index is 12.4. The summed E-state index contributed by atoms with van der Waals surface area (Å²) in [6, 6.07) is 8.22. The van der Waals surface area contributed by atoms with Gasteiger partial charge in [0, 0.05) is 38.3 Å². The fraction of sp³-hybridized carbons (Fsp3) is 0.611. The van der Waals surface area contributed by atoms with Gasteiger partial charge in [0.15, 0.2) is 0 Å². The van der Waals surface area contributed by atoms with Gasteiger partial charge in [0.1, 0.15) is 0 Å². The molecule has 0 saturated carbocycles. The van der Waals surface area contributed by atoms with Crippen molar-refractivity contribution in [2.24, 2.45) is 5.92 Å². The number of rotatable bonds is 3. The molecule has 1 aromatic carbocycles. The minimum Gasteiger partial charge on any atom is -0.336 e. The Morgan fingerprint density at radius 2 is 1.73 bits per heavy atom. The van der Waals surface area contributed by atoms with Gasteiger partial charge >= 0.3 is 0 Å². The standard InChI is InChI=1S/C18H27N3O/c1-15-6-10-20(11-7-15)14-16-2-4-17(5-3-16)18(22)21-12-8-19-9-13-21/h2-5,15,19H,6-14H2,1H3. The second kappa shape index (κ2) is 7.25. The monoisotopic (exact) mass is 301 g/mol. The van der Waals surface area contributed by atoms with Crippen LogP contribution in [-0.2, 0) is 6.54 Å². The number of carbonyl (C=O) groups is 1. The first-order valence-electron chi connectivity index (χ1n) is 8.53. The molecule has 0 unspecified atom stereocenters. The van der Waals surface area contributed by atoms with Gasteiger partial charge < -0.3 is 10.2 Å². The van der Waals surface area contributed by atoms with E-state index in [4.69, 9.17) is 0 Å².